The predicted molar refractivity (Wildman–Crippen MR) is 90.9 cm³/mol. The van der Waals surface area contributed by atoms with Crippen molar-refractivity contribution in [1.29, 1.82) is 0 Å². The number of benzene rings is 1. The summed E-state index contributed by atoms with van der Waals surface area (Å²) in [5.41, 5.74) is 1.24. The van der Waals surface area contributed by atoms with Gasteiger partial charge in [-0.05, 0) is 31.2 Å². The van der Waals surface area contributed by atoms with Gasteiger partial charge in [-0.25, -0.2) is 4.68 Å². The number of anilines is 3. The highest BCUT2D eigenvalue weighted by Crippen LogP contribution is 2.20. The zero-order valence-corrected chi connectivity index (χ0v) is 13.9. The highest BCUT2D eigenvalue weighted by atomic mass is 16.2. The molecule has 0 aliphatic carbocycles. The van der Waals surface area contributed by atoms with Gasteiger partial charge in [-0.2, -0.15) is 10.1 Å². The lowest BCUT2D eigenvalue weighted by Crippen LogP contribution is -2.36. The zero-order valence-electron chi connectivity index (χ0n) is 13.9. The molecule has 1 aromatic carbocycles. The molecule has 1 unspecified atom stereocenters. The molecule has 2 heterocycles. The highest BCUT2D eigenvalue weighted by Gasteiger charge is 2.29. The Balaban J connectivity index is 1.59. The molecule has 2 aromatic rings. The molecular weight excluding hydrogens is 324 g/mol. The molecule has 9 heteroatoms. The van der Waals surface area contributed by atoms with E-state index in [0.29, 0.717) is 29.7 Å². The normalized spacial score (nSPS) is 15.9. The van der Waals surface area contributed by atoms with Gasteiger partial charge in [0.05, 0.1) is 12.5 Å². The molecule has 3 N–H and O–H groups in total. The Morgan fingerprint density at radius 2 is 1.88 bits per heavy atom. The van der Waals surface area contributed by atoms with Crippen molar-refractivity contribution < 1.29 is 14.4 Å². The van der Waals surface area contributed by atoms with E-state index < -0.39 is 5.92 Å². The number of nitrogens with one attached hydrogen (secondary N) is 3. The third-order valence-electron chi connectivity index (χ3n) is 3.70. The van der Waals surface area contributed by atoms with Crippen molar-refractivity contribution >= 4 is 35.0 Å². The van der Waals surface area contributed by atoms with Gasteiger partial charge >= 0.3 is 0 Å². The number of carbonyl (C=O) groups excluding carboxylic acids is 3. The minimum atomic E-state index is -0.507. The van der Waals surface area contributed by atoms with Crippen molar-refractivity contribution in [2.24, 2.45) is 5.92 Å². The first-order valence-corrected chi connectivity index (χ1v) is 7.80. The number of rotatable bonds is 4. The van der Waals surface area contributed by atoms with Gasteiger partial charge in [-0.15, -0.1) is 0 Å². The lowest BCUT2D eigenvalue weighted by molar-refractivity contribution is -0.126. The molecule has 3 amide bonds. The molecule has 1 aliphatic rings. The maximum absolute atomic E-state index is 12.2. The third-order valence-corrected chi connectivity index (χ3v) is 3.70. The largest absolute Gasteiger partial charge is 0.326 e. The number of fused-ring (bicyclic) bond motifs is 1. The van der Waals surface area contributed by atoms with Gasteiger partial charge in [-0.1, -0.05) is 0 Å². The van der Waals surface area contributed by atoms with E-state index in [1.165, 1.54) is 6.92 Å². The van der Waals surface area contributed by atoms with Crippen LogP contribution in [-0.4, -0.2) is 32.5 Å². The van der Waals surface area contributed by atoms with E-state index in [-0.39, 0.29) is 24.1 Å². The number of carbonyl (C=O) groups is 3. The molecule has 3 rings (SSSR count). The first kappa shape index (κ1) is 16.6. The quantitative estimate of drug-likeness (QED) is 0.770. The standard InChI is InChI=1S/C16H18N6O3/c1-9-17-16-20-15(25)11(8-22(16)21-9)7-14(24)19-13-5-3-12(4-6-13)18-10(2)23/h3-6,11H,7-8H2,1-2H3,(H,18,23)(H,19,24)(H,17,20,21,25). The Morgan fingerprint density at radius 1 is 1.24 bits per heavy atom. The van der Waals surface area contributed by atoms with Crippen LogP contribution in [0.4, 0.5) is 17.3 Å². The molecule has 9 nitrogen and oxygen atoms in total. The second kappa shape index (κ2) is 6.71. The molecular formula is C16H18N6O3. The maximum atomic E-state index is 12.2. The van der Waals surface area contributed by atoms with E-state index in [0.717, 1.165) is 0 Å². The Hall–Kier alpha value is -3.23. The van der Waals surface area contributed by atoms with Crippen LogP contribution in [0, 0.1) is 12.8 Å². The monoisotopic (exact) mass is 342 g/mol. The van der Waals surface area contributed by atoms with Gasteiger partial charge in [0.15, 0.2) is 0 Å². The van der Waals surface area contributed by atoms with Crippen LogP contribution >= 0.6 is 0 Å². The molecule has 1 aliphatic heterocycles. The number of aromatic nitrogens is 3. The summed E-state index contributed by atoms with van der Waals surface area (Å²) in [7, 11) is 0. The molecule has 25 heavy (non-hydrogen) atoms. The average Bonchev–Trinajstić information content (AvgIpc) is 2.88. The summed E-state index contributed by atoms with van der Waals surface area (Å²) in [6.45, 7) is 3.48. The van der Waals surface area contributed by atoms with E-state index in [4.69, 9.17) is 0 Å². The Bertz CT molecular complexity index is 827. The predicted octanol–water partition coefficient (Wildman–Crippen LogP) is 1.14. The number of hydrogen-bond acceptors (Lipinski definition) is 5. The van der Waals surface area contributed by atoms with Crippen molar-refractivity contribution in [3.63, 3.8) is 0 Å². The summed E-state index contributed by atoms with van der Waals surface area (Å²) in [5.74, 6) is -0.203. The molecule has 0 fully saturated rings. The lowest BCUT2D eigenvalue weighted by Gasteiger charge is -2.21. The summed E-state index contributed by atoms with van der Waals surface area (Å²) in [6.07, 6.45) is 0.0393. The highest BCUT2D eigenvalue weighted by molar-refractivity contribution is 5.98. The fraction of sp³-hybridized carbons (Fsp3) is 0.312. The van der Waals surface area contributed by atoms with Crippen molar-refractivity contribution in [3.8, 4) is 0 Å². The zero-order chi connectivity index (χ0) is 18.0. The second-order valence-corrected chi connectivity index (χ2v) is 5.86. The van der Waals surface area contributed by atoms with Crippen LogP contribution in [-0.2, 0) is 20.9 Å². The number of nitrogens with zero attached hydrogens (tertiary/aromatic N) is 3. The number of hydrogen-bond donors (Lipinski definition) is 3. The van der Waals surface area contributed by atoms with Crippen LogP contribution in [0.25, 0.3) is 0 Å². The molecule has 0 saturated carbocycles. The Morgan fingerprint density at radius 3 is 2.52 bits per heavy atom. The molecule has 0 bridgehead atoms. The van der Waals surface area contributed by atoms with Crippen molar-refractivity contribution in [3.05, 3.63) is 30.1 Å². The number of aryl methyl sites for hydroxylation is 1. The van der Waals surface area contributed by atoms with E-state index in [2.05, 4.69) is 26.0 Å². The second-order valence-electron chi connectivity index (χ2n) is 5.86. The fourth-order valence-electron chi connectivity index (χ4n) is 2.61. The van der Waals surface area contributed by atoms with Crippen molar-refractivity contribution in [2.75, 3.05) is 16.0 Å². The van der Waals surface area contributed by atoms with Gasteiger partial charge in [0.2, 0.25) is 23.7 Å². The van der Waals surface area contributed by atoms with Gasteiger partial charge in [0.25, 0.3) is 0 Å². The van der Waals surface area contributed by atoms with E-state index in [1.807, 2.05) is 0 Å². The summed E-state index contributed by atoms with van der Waals surface area (Å²) < 4.78 is 1.59. The van der Waals surface area contributed by atoms with Crippen LogP contribution in [0.5, 0.6) is 0 Å². The number of amides is 3. The van der Waals surface area contributed by atoms with Crippen LogP contribution in [0.3, 0.4) is 0 Å². The smallest absolute Gasteiger partial charge is 0.232 e. The van der Waals surface area contributed by atoms with Crippen LogP contribution in [0.15, 0.2) is 24.3 Å². The van der Waals surface area contributed by atoms with Crippen LogP contribution in [0.2, 0.25) is 0 Å². The summed E-state index contributed by atoms with van der Waals surface area (Å²) >= 11 is 0. The molecule has 0 saturated heterocycles. The first-order chi connectivity index (χ1) is 11.9. The van der Waals surface area contributed by atoms with Gasteiger partial charge < -0.3 is 10.6 Å². The summed E-state index contributed by atoms with van der Waals surface area (Å²) in [4.78, 5) is 39.4. The van der Waals surface area contributed by atoms with E-state index in [9.17, 15) is 14.4 Å². The average molecular weight is 342 g/mol. The Labute approximate surface area is 143 Å². The summed E-state index contributed by atoms with van der Waals surface area (Å²) in [6, 6.07) is 6.75. The molecule has 130 valence electrons. The molecule has 1 aromatic heterocycles. The van der Waals surface area contributed by atoms with Gasteiger partial charge in [-0.3, -0.25) is 19.7 Å². The van der Waals surface area contributed by atoms with E-state index >= 15 is 0 Å². The van der Waals surface area contributed by atoms with Crippen LogP contribution < -0.4 is 16.0 Å². The minimum Gasteiger partial charge on any atom is -0.326 e. The van der Waals surface area contributed by atoms with Crippen molar-refractivity contribution in [2.45, 2.75) is 26.8 Å². The van der Waals surface area contributed by atoms with Gasteiger partial charge in [0, 0.05) is 24.7 Å². The summed E-state index contributed by atoms with van der Waals surface area (Å²) in [5, 5.41) is 12.2. The molecule has 0 spiro atoms. The SMILES string of the molecule is CC(=O)Nc1ccc(NC(=O)CC2Cn3nc(C)nc3NC2=O)cc1. The first-order valence-electron chi connectivity index (χ1n) is 7.80. The van der Waals surface area contributed by atoms with Gasteiger partial charge in [0.1, 0.15) is 5.82 Å². The van der Waals surface area contributed by atoms with Crippen molar-refractivity contribution in [1.82, 2.24) is 14.8 Å². The minimum absolute atomic E-state index is 0.0393. The Kier molecular flexibility index (Phi) is 4.46. The third kappa shape index (κ3) is 4.00. The fourth-order valence-corrected chi connectivity index (χ4v) is 2.61. The maximum Gasteiger partial charge on any atom is 0.232 e. The topological polar surface area (TPSA) is 118 Å². The van der Waals surface area contributed by atoms with E-state index in [1.54, 1.807) is 35.9 Å². The molecule has 1 atom stereocenters. The van der Waals surface area contributed by atoms with Crippen LogP contribution in [0.1, 0.15) is 19.2 Å². The lowest BCUT2D eigenvalue weighted by atomic mass is 10.0. The molecule has 0 radical (unpaired) electrons.